The average Bonchev–Trinajstić information content (AvgIpc) is 2.12. The summed E-state index contributed by atoms with van der Waals surface area (Å²) < 4.78 is 5.39. The maximum absolute atomic E-state index is 5.47. The highest BCUT2D eigenvalue weighted by atomic mass is 32.1. The molecule has 0 amide bonds. The lowest BCUT2D eigenvalue weighted by Crippen LogP contribution is -2.36. The van der Waals surface area contributed by atoms with Crippen LogP contribution in [0.3, 0.4) is 0 Å². The molecular weight excluding hydrogens is 172 g/mol. The Labute approximate surface area is 78.9 Å². The number of rotatable bonds is 2. The van der Waals surface area contributed by atoms with Crippen molar-refractivity contribution in [3.8, 4) is 0 Å². The van der Waals surface area contributed by atoms with Crippen LogP contribution in [-0.2, 0) is 4.74 Å². The van der Waals surface area contributed by atoms with Crippen LogP contribution in [0, 0.1) is 5.92 Å². The molecule has 0 aromatic heterocycles. The molecule has 1 atom stereocenters. The topological polar surface area (TPSA) is 38.5 Å². The minimum absolute atomic E-state index is 0.573. The van der Waals surface area contributed by atoms with Gasteiger partial charge in [-0.25, -0.2) is 0 Å². The van der Waals surface area contributed by atoms with Crippen LogP contribution in [0.4, 0.5) is 0 Å². The van der Waals surface area contributed by atoms with Crippen molar-refractivity contribution in [3.05, 3.63) is 0 Å². The normalized spacial score (nSPS) is 26.6. The number of nitrogens with two attached hydrogens (primary N) is 1. The van der Waals surface area contributed by atoms with E-state index in [9.17, 15) is 0 Å². The predicted octanol–water partition coefficient (Wildman–Crippen LogP) is 0.241. The van der Waals surface area contributed by atoms with Crippen LogP contribution in [0.5, 0.6) is 0 Å². The average molecular weight is 188 g/mol. The molecule has 0 saturated carbocycles. The van der Waals surface area contributed by atoms with E-state index < -0.39 is 0 Å². The first-order valence-corrected chi connectivity index (χ1v) is 4.67. The summed E-state index contributed by atoms with van der Waals surface area (Å²) in [6.07, 6.45) is 0. The minimum atomic E-state index is 0.573. The van der Waals surface area contributed by atoms with Gasteiger partial charge in [-0.05, 0) is 5.92 Å². The maximum Gasteiger partial charge on any atom is 0.0870 e. The van der Waals surface area contributed by atoms with Crippen molar-refractivity contribution in [2.24, 2.45) is 11.7 Å². The van der Waals surface area contributed by atoms with E-state index in [0.29, 0.717) is 10.9 Å². The largest absolute Gasteiger partial charge is 0.392 e. The van der Waals surface area contributed by atoms with Gasteiger partial charge in [0, 0.05) is 19.6 Å². The summed E-state index contributed by atoms with van der Waals surface area (Å²) in [7, 11) is 0. The first kappa shape index (κ1) is 9.89. The third-order valence-electron chi connectivity index (χ3n) is 1.90. The first-order valence-electron chi connectivity index (χ1n) is 4.27. The molecule has 1 aliphatic heterocycles. The summed E-state index contributed by atoms with van der Waals surface area (Å²) >= 11 is 4.85. The number of hydrogen-bond donors (Lipinski definition) is 1. The third kappa shape index (κ3) is 3.47. The fraction of sp³-hybridized carbons (Fsp3) is 0.875. The van der Waals surface area contributed by atoms with Gasteiger partial charge >= 0.3 is 0 Å². The lowest BCUT2D eigenvalue weighted by molar-refractivity contribution is 0.126. The number of thiocarbonyl (C=S) groups is 1. The van der Waals surface area contributed by atoms with Gasteiger partial charge in [0.1, 0.15) is 0 Å². The molecule has 0 aromatic carbocycles. The standard InChI is InChI=1S/C8H16N2OS/c1-7-4-10(5-8(9)12)2-3-11-6-7/h7H,2-6H2,1H3,(H2,9,12). The second-order valence-corrected chi connectivity index (χ2v) is 3.91. The first-order chi connectivity index (χ1) is 5.68. The van der Waals surface area contributed by atoms with E-state index in [0.717, 1.165) is 32.8 Å². The van der Waals surface area contributed by atoms with E-state index in [4.69, 9.17) is 22.7 Å². The molecule has 1 heterocycles. The van der Waals surface area contributed by atoms with Crippen molar-refractivity contribution in [1.29, 1.82) is 0 Å². The van der Waals surface area contributed by atoms with Gasteiger partial charge < -0.3 is 10.5 Å². The molecule has 1 rings (SSSR count). The number of nitrogens with zero attached hydrogens (tertiary/aromatic N) is 1. The van der Waals surface area contributed by atoms with Crippen LogP contribution in [0.15, 0.2) is 0 Å². The van der Waals surface area contributed by atoms with Crippen molar-refractivity contribution in [2.75, 3.05) is 32.8 Å². The van der Waals surface area contributed by atoms with Crippen molar-refractivity contribution in [3.63, 3.8) is 0 Å². The van der Waals surface area contributed by atoms with Gasteiger partial charge in [-0.2, -0.15) is 0 Å². The van der Waals surface area contributed by atoms with Crippen molar-refractivity contribution in [1.82, 2.24) is 4.90 Å². The van der Waals surface area contributed by atoms with Gasteiger partial charge in [-0.1, -0.05) is 19.1 Å². The molecule has 0 aromatic rings. The van der Waals surface area contributed by atoms with Crippen LogP contribution in [0.2, 0.25) is 0 Å². The zero-order valence-corrected chi connectivity index (χ0v) is 8.27. The van der Waals surface area contributed by atoms with Gasteiger partial charge in [-0.3, -0.25) is 4.90 Å². The fourth-order valence-corrected chi connectivity index (χ4v) is 1.61. The van der Waals surface area contributed by atoms with Gasteiger partial charge in [-0.15, -0.1) is 0 Å². The fourth-order valence-electron chi connectivity index (χ4n) is 1.43. The number of hydrogen-bond acceptors (Lipinski definition) is 3. The van der Waals surface area contributed by atoms with Crippen LogP contribution in [0.1, 0.15) is 6.92 Å². The second kappa shape index (κ2) is 4.74. The van der Waals surface area contributed by atoms with E-state index in [-0.39, 0.29) is 0 Å². The molecular formula is C8H16N2OS. The van der Waals surface area contributed by atoms with Gasteiger partial charge in [0.25, 0.3) is 0 Å². The van der Waals surface area contributed by atoms with E-state index >= 15 is 0 Å². The van der Waals surface area contributed by atoms with Crippen LogP contribution in [0.25, 0.3) is 0 Å². The van der Waals surface area contributed by atoms with Crippen LogP contribution in [-0.4, -0.2) is 42.7 Å². The summed E-state index contributed by atoms with van der Waals surface area (Å²) in [6.45, 7) is 6.54. The van der Waals surface area contributed by atoms with Crippen LogP contribution < -0.4 is 5.73 Å². The zero-order valence-electron chi connectivity index (χ0n) is 7.45. The maximum atomic E-state index is 5.47. The molecule has 1 fully saturated rings. The summed E-state index contributed by atoms with van der Waals surface area (Å²) in [5.41, 5.74) is 5.47. The monoisotopic (exact) mass is 188 g/mol. The predicted molar refractivity (Wildman–Crippen MR) is 53.2 cm³/mol. The van der Waals surface area contributed by atoms with Gasteiger partial charge in [0.05, 0.1) is 18.2 Å². The molecule has 12 heavy (non-hydrogen) atoms. The Hall–Kier alpha value is -0.190. The summed E-state index contributed by atoms with van der Waals surface area (Å²) in [4.78, 5) is 2.82. The molecule has 0 radical (unpaired) electrons. The summed E-state index contributed by atoms with van der Waals surface area (Å²) in [5, 5.41) is 0. The second-order valence-electron chi connectivity index (χ2n) is 3.38. The van der Waals surface area contributed by atoms with E-state index in [1.807, 2.05) is 0 Å². The molecule has 1 saturated heterocycles. The number of ether oxygens (including phenoxy) is 1. The molecule has 2 N–H and O–H groups in total. The van der Waals surface area contributed by atoms with Crippen molar-refractivity contribution >= 4 is 17.2 Å². The van der Waals surface area contributed by atoms with E-state index in [1.54, 1.807) is 0 Å². The quantitative estimate of drug-likeness (QED) is 0.630. The minimum Gasteiger partial charge on any atom is -0.392 e. The molecule has 0 aliphatic carbocycles. The van der Waals surface area contributed by atoms with Crippen molar-refractivity contribution < 1.29 is 4.74 Å². The SMILES string of the molecule is CC1COCCN(CC(N)=S)C1. The Balaban J connectivity index is 2.35. The van der Waals surface area contributed by atoms with Gasteiger partial charge in [0.15, 0.2) is 0 Å². The lowest BCUT2D eigenvalue weighted by Gasteiger charge is -2.20. The molecule has 70 valence electrons. The van der Waals surface area contributed by atoms with Gasteiger partial charge in [0.2, 0.25) is 0 Å². The Morgan fingerprint density at radius 2 is 2.50 bits per heavy atom. The summed E-state index contributed by atoms with van der Waals surface area (Å²) in [6, 6.07) is 0. The molecule has 0 bridgehead atoms. The third-order valence-corrected chi connectivity index (χ3v) is 2.03. The highest BCUT2D eigenvalue weighted by Crippen LogP contribution is 2.04. The zero-order chi connectivity index (χ0) is 8.97. The Kier molecular flexibility index (Phi) is 3.91. The van der Waals surface area contributed by atoms with Crippen molar-refractivity contribution in [2.45, 2.75) is 6.92 Å². The smallest absolute Gasteiger partial charge is 0.0870 e. The highest BCUT2D eigenvalue weighted by Gasteiger charge is 2.14. The highest BCUT2D eigenvalue weighted by molar-refractivity contribution is 7.80. The summed E-state index contributed by atoms with van der Waals surface area (Å²) in [5.74, 6) is 0.585. The Morgan fingerprint density at radius 3 is 3.17 bits per heavy atom. The Morgan fingerprint density at radius 1 is 1.75 bits per heavy atom. The molecule has 3 nitrogen and oxygen atoms in total. The lowest BCUT2D eigenvalue weighted by atomic mass is 10.2. The molecule has 1 aliphatic rings. The molecule has 0 spiro atoms. The molecule has 1 unspecified atom stereocenters. The van der Waals surface area contributed by atoms with E-state index in [2.05, 4.69) is 11.8 Å². The Bertz CT molecular complexity index is 163. The van der Waals surface area contributed by atoms with Crippen LogP contribution >= 0.6 is 12.2 Å². The molecule has 4 heteroatoms. The van der Waals surface area contributed by atoms with E-state index in [1.165, 1.54) is 0 Å².